The summed E-state index contributed by atoms with van der Waals surface area (Å²) >= 11 is 1.76. The minimum atomic E-state index is 0.729. The van der Waals surface area contributed by atoms with Crippen molar-refractivity contribution in [2.45, 2.75) is 0 Å². The maximum atomic E-state index is 5.09. The summed E-state index contributed by atoms with van der Waals surface area (Å²) in [4.78, 5) is 15.1. The first-order chi connectivity index (χ1) is 23.3. The maximum Gasteiger partial charge on any atom is 0.160 e. The van der Waals surface area contributed by atoms with Crippen LogP contribution in [-0.4, -0.2) is 15.0 Å². The number of hydrogen-bond donors (Lipinski definition) is 0. The second-order valence-corrected chi connectivity index (χ2v) is 12.6. The number of fused-ring (bicyclic) bond motifs is 3. The van der Waals surface area contributed by atoms with Crippen LogP contribution >= 0.6 is 11.3 Å². The second kappa shape index (κ2) is 11.4. The van der Waals surface area contributed by atoms with Gasteiger partial charge in [0.25, 0.3) is 0 Å². The standard InChI is InChI=1S/C43H27N3S/c1-3-13-31(14-4-1)42-44-37-20-10-9-18-35(37)40(46-42)30-24-22-29(23-25-30)34-27-26-28-12-7-8-17-33(28)39(34)36-19-11-21-38-41(36)47-43(45-38)32-15-5-2-6-16-32/h1-27H. The molecule has 7 aromatic carbocycles. The van der Waals surface area contributed by atoms with E-state index in [4.69, 9.17) is 15.0 Å². The number of para-hydroxylation sites is 1. The molecule has 3 nitrogen and oxygen atoms in total. The van der Waals surface area contributed by atoms with Gasteiger partial charge in [0.1, 0.15) is 5.01 Å². The van der Waals surface area contributed by atoms with Gasteiger partial charge in [-0.25, -0.2) is 15.0 Å². The van der Waals surface area contributed by atoms with Gasteiger partial charge in [0.05, 0.1) is 21.4 Å². The zero-order valence-electron chi connectivity index (χ0n) is 25.3. The van der Waals surface area contributed by atoms with Crippen molar-refractivity contribution in [2.75, 3.05) is 0 Å². The Morgan fingerprint density at radius 3 is 1.85 bits per heavy atom. The Bertz CT molecular complexity index is 2550. The fraction of sp³-hybridized carbons (Fsp3) is 0. The highest BCUT2D eigenvalue weighted by atomic mass is 32.1. The van der Waals surface area contributed by atoms with Crippen LogP contribution in [0.25, 0.3) is 87.4 Å². The fourth-order valence-electron chi connectivity index (χ4n) is 6.47. The van der Waals surface area contributed by atoms with Gasteiger partial charge in [-0.3, -0.25) is 0 Å². The van der Waals surface area contributed by atoms with Gasteiger partial charge in [0.15, 0.2) is 5.82 Å². The van der Waals surface area contributed by atoms with Crippen molar-refractivity contribution < 1.29 is 0 Å². The summed E-state index contributed by atoms with van der Waals surface area (Å²) in [6, 6.07) is 57.4. The minimum absolute atomic E-state index is 0.729. The largest absolute Gasteiger partial charge is 0.236 e. The maximum absolute atomic E-state index is 5.09. The molecule has 220 valence electrons. The quantitative estimate of drug-likeness (QED) is 0.193. The van der Waals surface area contributed by atoms with Crippen molar-refractivity contribution in [2.24, 2.45) is 0 Å². The van der Waals surface area contributed by atoms with Gasteiger partial charge in [0.2, 0.25) is 0 Å². The molecule has 2 heterocycles. The summed E-state index contributed by atoms with van der Waals surface area (Å²) in [6.45, 7) is 0. The lowest BCUT2D eigenvalue weighted by Crippen LogP contribution is -1.95. The van der Waals surface area contributed by atoms with E-state index in [1.807, 2.05) is 30.3 Å². The van der Waals surface area contributed by atoms with E-state index in [-0.39, 0.29) is 0 Å². The molecular weight excluding hydrogens is 591 g/mol. The molecule has 0 atom stereocenters. The van der Waals surface area contributed by atoms with Crippen molar-refractivity contribution in [3.8, 4) is 55.5 Å². The molecule has 0 N–H and O–H groups in total. The Kier molecular flexibility index (Phi) is 6.65. The smallest absolute Gasteiger partial charge is 0.160 e. The number of thiazole rings is 1. The monoisotopic (exact) mass is 617 g/mol. The molecule has 0 unspecified atom stereocenters. The molecular formula is C43H27N3S. The third-order valence-corrected chi connectivity index (χ3v) is 9.89. The van der Waals surface area contributed by atoms with Crippen LogP contribution in [0, 0.1) is 0 Å². The minimum Gasteiger partial charge on any atom is -0.236 e. The average molecular weight is 618 g/mol. The highest BCUT2D eigenvalue weighted by Gasteiger charge is 2.18. The Morgan fingerprint density at radius 2 is 1.04 bits per heavy atom. The molecule has 0 saturated carbocycles. The van der Waals surface area contributed by atoms with Gasteiger partial charge < -0.3 is 0 Å². The topological polar surface area (TPSA) is 38.7 Å². The molecule has 9 rings (SSSR count). The van der Waals surface area contributed by atoms with Crippen molar-refractivity contribution >= 4 is 43.2 Å². The number of rotatable bonds is 5. The molecule has 0 aliphatic heterocycles. The average Bonchev–Trinajstić information content (AvgIpc) is 3.60. The molecule has 9 aromatic rings. The molecule has 0 saturated heterocycles. The van der Waals surface area contributed by atoms with Gasteiger partial charge >= 0.3 is 0 Å². The van der Waals surface area contributed by atoms with E-state index in [1.165, 1.54) is 32.2 Å². The van der Waals surface area contributed by atoms with Gasteiger partial charge in [-0.1, -0.05) is 152 Å². The third-order valence-electron chi connectivity index (χ3n) is 8.74. The van der Waals surface area contributed by atoms with Crippen LogP contribution in [-0.2, 0) is 0 Å². The zero-order valence-corrected chi connectivity index (χ0v) is 26.2. The van der Waals surface area contributed by atoms with E-state index in [1.54, 1.807) is 11.3 Å². The number of aromatic nitrogens is 3. The number of hydrogen-bond acceptors (Lipinski definition) is 4. The molecule has 0 spiro atoms. The summed E-state index contributed by atoms with van der Waals surface area (Å²) in [7, 11) is 0. The van der Waals surface area contributed by atoms with Crippen molar-refractivity contribution in [1.29, 1.82) is 0 Å². The van der Waals surface area contributed by atoms with Crippen LogP contribution in [0.2, 0.25) is 0 Å². The van der Waals surface area contributed by atoms with E-state index in [2.05, 4.69) is 133 Å². The number of benzene rings is 7. The lowest BCUT2D eigenvalue weighted by Gasteiger charge is -2.15. The van der Waals surface area contributed by atoms with Crippen LogP contribution in [0.15, 0.2) is 164 Å². The van der Waals surface area contributed by atoms with Crippen molar-refractivity contribution in [1.82, 2.24) is 15.0 Å². The summed E-state index contributed by atoms with van der Waals surface area (Å²) < 4.78 is 1.20. The van der Waals surface area contributed by atoms with Gasteiger partial charge in [-0.15, -0.1) is 11.3 Å². The Hall–Kier alpha value is -5.97. The first kappa shape index (κ1) is 27.3. The molecule has 2 aromatic heterocycles. The Morgan fingerprint density at radius 1 is 0.383 bits per heavy atom. The van der Waals surface area contributed by atoms with Crippen molar-refractivity contribution in [3.63, 3.8) is 0 Å². The predicted octanol–water partition coefficient (Wildman–Crippen LogP) is 11.7. The van der Waals surface area contributed by atoms with Crippen LogP contribution in [0.4, 0.5) is 0 Å². The molecule has 0 radical (unpaired) electrons. The molecule has 4 heteroatoms. The van der Waals surface area contributed by atoms with Gasteiger partial charge in [0, 0.05) is 27.6 Å². The molecule has 0 amide bonds. The van der Waals surface area contributed by atoms with E-state index >= 15 is 0 Å². The van der Waals surface area contributed by atoms with Gasteiger partial charge in [-0.2, -0.15) is 0 Å². The van der Waals surface area contributed by atoms with E-state index < -0.39 is 0 Å². The van der Waals surface area contributed by atoms with Crippen LogP contribution < -0.4 is 0 Å². The zero-order chi connectivity index (χ0) is 31.2. The summed E-state index contributed by atoms with van der Waals surface area (Å²) in [5, 5.41) is 4.52. The highest BCUT2D eigenvalue weighted by molar-refractivity contribution is 7.22. The van der Waals surface area contributed by atoms with E-state index in [9.17, 15) is 0 Å². The fourth-order valence-corrected chi connectivity index (χ4v) is 7.56. The Labute approximate surface area is 276 Å². The van der Waals surface area contributed by atoms with Gasteiger partial charge in [-0.05, 0) is 39.6 Å². The lowest BCUT2D eigenvalue weighted by molar-refractivity contribution is 1.23. The molecule has 47 heavy (non-hydrogen) atoms. The van der Waals surface area contributed by atoms with Crippen LogP contribution in [0.1, 0.15) is 0 Å². The van der Waals surface area contributed by atoms with E-state index in [0.717, 1.165) is 55.2 Å². The normalized spacial score (nSPS) is 11.4. The lowest BCUT2D eigenvalue weighted by atomic mass is 9.89. The predicted molar refractivity (Wildman–Crippen MR) is 197 cm³/mol. The van der Waals surface area contributed by atoms with Crippen molar-refractivity contribution in [3.05, 3.63) is 164 Å². The van der Waals surface area contributed by atoms with Crippen LogP contribution in [0.5, 0.6) is 0 Å². The Balaban J connectivity index is 1.21. The molecule has 0 aliphatic carbocycles. The molecule has 0 bridgehead atoms. The first-order valence-electron chi connectivity index (χ1n) is 15.7. The molecule has 0 aliphatic rings. The summed E-state index contributed by atoms with van der Waals surface area (Å²) in [5.41, 5.74) is 10.9. The summed E-state index contributed by atoms with van der Waals surface area (Å²) in [6.07, 6.45) is 0. The van der Waals surface area contributed by atoms with E-state index in [0.29, 0.717) is 0 Å². The second-order valence-electron chi connectivity index (χ2n) is 11.6. The first-order valence-corrected chi connectivity index (χ1v) is 16.5. The molecule has 0 fully saturated rings. The third kappa shape index (κ3) is 4.87. The number of nitrogens with zero attached hydrogens (tertiary/aromatic N) is 3. The summed E-state index contributed by atoms with van der Waals surface area (Å²) in [5.74, 6) is 0.729. The SMILES string of the molecule is c1ccc(-c2nc(-c3ccc(-c4ccc5ccccc5c4-c4cccc5nc(-c6ccccc6)sc45)cc3)c3ccccc3n2)cc1. The van der Waals surface area contributed by atoms with Crippen LogP contribution in [0.3, 0.4) is 0 Å². The highest BCUT2D eigenvalue weighted by Crippen LogP contribution is 2.44.